The first kappa shape index (κ1) is 12.8. The number of nitrogens with zero attached hydrogens (tertiary/aromatic N) is 1. The van der Waals surface area contributed by atoms with Gasteiger partial charge in [-0.25, -0.2) is 0 Å². The standard InChI is InChI=1S/C13H17N3OS/c1-4-14-12(17)7-16-11-6-9(3)8(2)5-10(11)15-13(16)18/h5-6H,4,7H2,1-3H3,(H,14,17)(H,15,18). The van der Waals surface area contributed by atoms with Gasteiger partial charge in [0.25, 0.3) is 0 Å². The number of amides is 1. The molecule has 4 nitrogen and oxygen atoms in total. The Morgan fingerprint density at radius 3 is 2.72 bits per heavy atom. The molecule has 0 aliphatic heterocycles. The zero-order valence-electron chi connectivity index (χ0n) is 10.8. The summed E-state index contributed by atoms with van der Waals surface area (Å²) in [5, 5.41) is 2.78. The van der Waals surface area contributed by atoms with Gasteiger partial charge in [-0.2, -0.15) is 0 Å². The Labute approximate surface area is 111 Å². The average molecular weight is 263 g/mol. The molecule has 96 valence electrons. The molecule has 0 unspecified atom stereocenters. The molecule has 1 amide bonds. The van der Waals surface area contributed by atoms with Gasteiger partial charge in [0.1, 0.15) is 6.54 Å². The first-order valence-electron chi connectivity index (χ1n) is 5.99. The predicted molar refractivity (Wildman–Crippen MR) is 75.3 cm³/mol. The van der Waals surface area contributed by atoms with Crippen LogP contribution in [0.2, 0.25) is 0 Å². The predicted octanol–water partition coefficient (Wildman–Crippen LogP) is 2.45. The monoisotopic (exact) mass is 263 g/mol. The van der Waals surface area contributed by atoms with Crippen molar-refractivity contribution in [2.45, 2.75) is 27.3 Å². The van der Waals surface area contributed by atoms with Gasteiger partial charge < -0.3 is 14.9 Å². The molecule has 2 N–H and O–H groups in total. The lowest BCUT2D eigenvalue weighted by Crippen LogP contribution is -2.27. The number of carbonyl (C=O) groups excluding carboxylic acids is 1. The molecule has 5 heteroatoms. The molecule has 0 aliphatic carbocycles. The minimum absolute atomic E-state index is 0.0206. The smallest absolute Gasteiger partial charge is 0.240 e. The Morgan fingerprint density at radius 1 is 1.39 bits per heavy atom. The summed E-state index contributed by atoms with van der Waals surface area (Å²) >= 11 is 5.27. The molecule has 1 aromatic carbocycles. The second-order valence-corrected chi connectivity index (χ2v) is 4.81. The van der Waals surface area contributed by atoms with E-state index in [1.165, 1.54) is 11.1 Å². The van der Waals surface area contributed by atoms with Gasteiger partial charge >= 0.3 is 0 Å². The number of rotatable bonds is 3. The summed E-state index contributed by atoms with van der Waals surface area (Å²) in [6.07, 6.45) is 0. The Hall–Kier alpha value is -1.62. The van der Waals surface area contributed by atoms with E-state index in [9.17, 15) is 4.79 Å². The molecule has 0 bridgehead atoms. The first-order chi connectivity index (χ1) is 8.52. The van der Waals surface area contributed by atoms with Crippen LogP contribution in [0.25, 0.3) is 11.0 Å². The van der Waals surface area contributed by atoms with Crippen molar-refractivity contribution in [2.75, 3.05) is 6.54 Å². The van der Waals surface area contributed by atoms with Crippen molar-refractivity contribution in [3.8, 4) is 0 Å². The fourth-order valence-corrected chi connectivity index (χ4v) is 2.24. The molecule has 0 spiro atoms. The highest BCUT2D eigenvalue weighted by molar-refractivity contribution is 7.71. The number of likely N-dealkylation sites (N-methyl/N-ethyl adjacent to an activating group) is 1. The Kier molecular flexibility index (Phi) is 3.52. The molecule has 0 fully saturated rings. The van der Waals surface area contributed by atoms with Crippen LogP contribution < -0.4 is 5.32 Å². The summed E-state index contributed by atoms with van der Waals surface area (Å²) in [6.45, 7) is 6.91. The molecule has 1 aromatic heterocycles. The summed E-state index contributed by atoms with van der Waals surface area (Å²) in [7, 11) is 0. The number of aromatic nitrogens is 2. The number of benzene rings is 1. The van der Waals surface area contributed by atoms with Crippen LogP contribution in [0.3, 0.4) is 0 Å². The fourth-order valence-electron chi connectivity index (χ4n) is 1.97. The molecule has 0 saturated carbocycles. The molecule has 0 aliphatic rings. The minimum atomic E-state index is -0.0206. The maximum Gasteiger partial charge on any atom is 0.240 e. The molecular weight excluding hydrogens is 246 g/mol. The minimum Gasteiger partial charge on any atom is -0.355 e. The number of hydrogen-bond acceptors (Lipinski definition) is 2. The molecule has 1 heterocycles. The largest absolute Gasteiger partial charge is 0.355 e. The van der Waals surface area contributed by atoms with Crippen molar-refractivity contribution < 1.29 is 4.79 Å². The average Bonchev–Trinajstić information content (AvgIpc) is 2.57. The van der Waals surface area contributed by atoms with E-state index in [1.807, 2.05) is 11.5 Å². The molecule has 2 rings (SSSR count). The summed E-state index contributed by atoms with van der Waals surface area (Å²) in [6, 6.07) is 4.13. The summed E-state index contributed by atoms with van der Waals surface area (Å²) in [5.74, 6) is -0.0206. The second-order valence-electron chi connectivity index (χ2n) is 4.42. The van der Waals surface area contributed by atoms with E-state index in [4.69, 9.17) is 12.2 Å². The number of carbonyl (C=O) groups is 1. The van der Waals surface area contributed by atoms with E-state index in [0.29, 0.717) is 11.3 Å². The number of H-pyrrole nitrogens is 1. The van der Waals surface area contributed by atoms with Crippen molar-refractivity contribution in [1.29, 1.82) is 0 Å². The maximum absolute atomic E-state index is 11.7. The first-order valence-corrected chi connectivity index (χ1v) is 6.40. The van der Waals surface area contributed by atoms with Gasteiger partial charge in [0.2, 0.25) is 5.91 Å². The van der Waals surface area contributed by atoms with Crippen molar-refractivity contribution in [2.24, 2.45) is 0 Å². The van der Waals surface area contributed by atoms with Gasteiger partial charge in [-0.1, -0.05) is 0 Å². The molecule has 2 aromatic rings. The molecular formula is C13H17N3OS. The molecule has 0 atom stereocenters. The van der Waals surface area contributed by atoms with Crippen LogP contribution in [0.4, 0.5) is 0 Å². The van der Waals surface area contributed by atoms with Gasteiger partial charge in [0.05, 0.1) is 11.0 Å². The van der Waals surface area contributed by atoms with Crippen LogP contribution in [0.1, 0.15) is 18.1 Å². The molecule has 0 saturated heterocycles. The number of imidazole rings is 1. The van der Waals surface area contributed by atoms with Gasteiger partial charge in [0.15, 0.2) is 4.77 Å². The third-order valence-corrected chi connectivity index (χ3v) is 3.39. The number of fused-ring (bicyclic) bond motifs is 1. The quantitative estimate of drug-likeness (QED) is 0.836. The van der Waals surface area contributed by atoms with Crippen molar-refractivity contribution in [3.05, 3.63) is 28.0 Å². The SMILES string of the molecule is CCNC(=O)Cn1c(=S)[nH]c2cc(C)c(C)cc21. The summed E-state index contributed by atoms with van der Waals surface area (Å²) in [5.41, 5.74) is 4.37. The Morgan fingerprint density at radius 2 is 2.06 bits per heavy atom. The lowest BCUT2D eigenvalue weighted by atomic mass is 10.1. The van der Waals surface area contributed by atoms with Crippen molar-refractivity contribution in [1.82, 2.24) is 14.9 Å². The lowest BCUT2D eigenvalue weighted by Gasteiger charge is -2.06. The van der Waals surface area contributed by atoms with E-state index in [1.54, 1.807) is 0 Å². The van der Waals surface area contributed by atoms with Gasteiger partial charge in [0, 0.05) is 6.54 Å². The third kappa shape index (κ3) is 2.31. The number of aromatic amines is 1. The van der Waals surface area contributed by atoms with Gasteiger partial charge in [-0.15, -0.1) is 0 Å². The topological polar surface area (TPSA) is 49.8 Å². The van der Waals surface area contributed by atoms with Crippen LogP contribution in [-0.2, 0) is 11.3 Å². The van der Waals surface area contributed by atoms with Gasteiger partial charge in [-0.3, -0.25) is 4.79 Å². The van der Waals surface area contributed by atoms with Gasteiger partial charge in [-0.05, 0) is 56.2 Å². The lowest BCUT2D eigenvalue weighted by molar-refractivity contribution is -0.121. The maximum atomic E-state index is 11.7. The number of aryl methyl sites for hydroxylation is 2. The van der Waals surface area contributed by atoms with E-state index in [2.05, 4.69) is 36.3 Å². The van der Waals surface area contributed by atoms with Crippen molar-refractivity contribution in [3.63, 3.8) is 0 Å². The zero-order valence-corrected chi connectivity index (χ0v) is 11.6. The van der Waals surface area contributed by atoms with E-state index in [0.717, 1.165) is 11.0 Å². The van der Waals surface area contributed by atoms with E-state index < -0.39 is 0 Å². The van der Waals surface area contributed by atoms with Crippen molar-refractivity contribution >= 4 is 29.2 Å². The molecule has 18 heavy (non-hydrogen) atoms. The highest BCUT2D eigenvalue weighted by Crippen LogP contribution is 2.19. The van der Waals surface area contributed by atoms with Crippen LogP contribution >= 0.6 is 12.2 Å². The fraction of sp³-hybridized carbons (Fsp3) is 0.385. The van der Waals surface area contributed by atoms with Crippen LogP contribution in [0, 0.1) is 18.6 Å². The Bertz CT molecular complexity index is 654. The molecule has 0 radical (unpaired) electrons. The van der Waals surface area contributed by atoms with E-state index >= 15 is 0 Å². The summed E-state index contributed by atoms with van der Waals surface area (Å²) in [4.78, 5) is 14.8. The number of nitrogens with one attached hydrogen (secondary N) is 2. The van der Waals surface area contributed by atoms with Crippen LogP contribution in [0.5, 0.6) is 0 Å². The third-order valence-electron chi connectivity index (χ3n) is 3.07. The zero-order chi connectivity index (χ0) is 13.3. The highest BCUT2D eigenvalue weighted by Gasteiger charge is 2.09. The second kappa shape index (κ2) is 4.94. The Balaban J connectivity index is 2.50. The van der Waals surface area contributed by atoms with E-state index in [-0.39, 0.29) is 12.5 Å². The van der Waals surface area contributed by atoms with Crippen LogP contribution in [0.15, 0.2) is 12.1 Å². The summed E-state index contributed by atoms with van der Waals surface area (Å²) < 4.78 is 2.42. The number of hydrogen-bond donors (Lipinski definition) is 2. The highest BCUT2D eigenvalue weighted by atomic mass is 32.1. The van der Waals surface area contributed by atoms with Crippen LogP contribution in [-0.4, -0.2) is 22.0 Å². The normalized spacial score (nSPS) is 10.8.